The number of halogens is 2. The third-order valence-electron chi connectivity index (χ3n) is 7.03. The van der Waals surface area contributed by atoms with Gasteiger partial charge in [0.05, 0.1) is 23.3 Å². The van der Waals surface area contributed by atoms with Crippen molar-refractivity contribution in [2.45, 2.75) is 25.7 Å². The van der Waals surface area contributed by atoms with Gasteiger partial charge in [0.2, 0.25) is 0 Å². The third-order valence-corrected chi connectivity index (χ3v) is 7.03. The summed E-state index contributed by atoms with van der Waals surface area (Å²) in [6.07, 6.45) is 6.14. The number of rotatable bonds is 7. The predicted molar refractivity (Wildman–Crippen MR) is 134 cm³/mol. The molecule has 0 unspecified atom stereocenters. The Morgan fingerprint density at radius 1 is 1.14 bits per heavy atom. The standard InChI is InChI=1S/C28H26F2N6O/c1-18-27(36(22-6-4-3-5-7-22)33-28(18)21-13-32-34(2)14-21)12-23(37)10-20-15-35(17-31)16-24(20)19-8-9-25(29)26(30)11-19/h3-9,11,13-14,20,24H,10,12,15-16H2,1-2H3/t20-,24+/m1/s1. The number of nitriles is 1. The highest BCUT2D eigenvalue weighted by atomic mass is 19.2. The van der Waals surface area contributed by atoms with Gasteiger partial charge in [-0.2, -0.15) is 15.5 Å². The molecule has 1 saturated heterocycles. The zero-order valence-corrected chi connectivity index (χ0v) is 20.6. The zero-order valence-electron chi connectivity index (χ0n) is 20.6. The molecule has 7 nitrogen and oxygen atoms in total. The van der Waals surface area contributed by atoms with E-state index in [0.29, 0.717) is 18.7 Å². The lowest BCUT2D eigenvalue weighted by Gasteiger charge is -2.18. The fraction of sp³-hybridized carbons (Fsp3) is 0.286. The first-order chi connectivity index (χ1) is 17.8. The highest BCUT2D eigenvalue weighted by Crippen LogP contribution is 2.36. The lowest BCUT2D eigenvalue weighted by Crippen LogP contribution is -2.19. The van der Waals surface area contributed by atoms with Crippen LogP contribution in [0.5, 0.6) is 0 Å². The second-order valence-electron chi connectivity index (χ2n) is 9.54. The molecule has 5 rings (SSSR count). The molecule has 37 heavy (non-hydrogen) atoms. The van der Waals surface area contributed by atoms with Crippen molar-refractivity contribution in [3.05, 3.63) is 89.4 Å². The molecule has 0 bridgehead atoms. The second kappa shape index (κ2) is 9.97. The van der Waals surface area contributed by atoms with Gasteiger partial charge in [0.1, 0.15) is 5.78 Å². The van der Waals surface area contributed by atoms with Crippen molar-refractivity contribution in [3.63, 3.8) is 0 Å². The van der Waals surface area contributed by atoms with Crippen LogP contribution in [0, 0.1) is 35.9 Å². The maximum absolute atomic E-state index is 13.9. The van der Waals surface area contributed by atoms with Crippen molar-refractivity contribution in [2.75, 3.05) is 13.1 Å². The SMILES string of the molecule is Cc1c(-c2cnn(C)c2)nn(-c2ccccc2)c1CC(=O)C[C@@H]1CN(C#N)C[C@H]1c1ccc(F)c(F)c1. The minimum atomic E-state index is -0.927. The van der Waals surface area contributed by atoms with Gasteiger partial charge in [-0.05, 0) is 48.2 Å². The summed E-state index contributed by atoms with van der Waals surface area (Å²) in [7, 11) is 1.84. The van der Waals surface area contributed by atoms with E-state index >= 15 is 0 Å². The minimum absolute atomic E-state index is 0.00436. The molecule has 1 fully saturated rings. The first-order valence-corrected chi connectivity index (χ1v) is 12.1. The number of aryl methyl sites for hydroxylation is 1. The van der Waals surface area contributed by atoms with Crippen LogP contribution >= 0.6 is 0 Å². The Morgan fingerprint density at radius 2 is 1.92 bits per heavy atom. The largest absolute Gasteiger partial charge is 0.310 e. The molecule has 0 radical (unpaired) electrons. The van der Waals surface area contributed by atoms with E-state index < -0.39 is 11.6 Å². The molecule has 0 N–H and O–H groups in total. The van der Waals surface area contributed by atoms with Gasteiger partial charge in [-0.15, -0.1) is 0 Å². The molecule has 0 amide bonds. The summed E-state index contributed by atoms with van der Waals surface area (Å²) in [5.41, 5.74) is 4.75. The fourth-order valence-corrected chi connectivity index (χ4v) is 5.17. The van der Waals surface area contributed by atoms with Gasteiger partial charge in [-0.1, -0.05) is 24.3 Å². The highest BCUT2D eigenvalue weighted by Gasteiger charge is 2.35. The van der Waals surface area contributed by atoms with E-state index in [4.69, 9.17) is 5.10 Å². The van der Waals surface area contributed by atoms with Gasteiger partial charge in [0.25, 0.3) is 0 Å². The first-order valence-electron chi connectivity index (χ1n) is 12.1. The number of Topliss-reactive ketones (excluding diaryl/α,β-unsaturated/α-hetero) is 1. The number of carbonyl (C=O) groups excluding carboxylic acids is 1. The van der Waals surface area contributed by atoms with E-state index in [1.54, 1.807) is 20.5 Å². The van der Waals surface area contributed by atoms with E-state index in [0.717, 1.165) is 34.3 Å². The molecule has 4 aromatic rings. The smallest absolute Gasteiger partial charge is 0.179 e. The summed E-state index contributed by atoms with van der Waals surface area (Å²) in [5.74, 6) is -2.29. The Labute approximate surface area is 213 Å². The summed E-state index contributed by atoms with van der Waals surface area (Å²) in [4.78, 5) is 15.0. The molecule has 0 aliphatic carbocycles. The molecule has 9 heteroatoms. The highest BCUT2D eigenvalue weighted by molar-refractivity contribution is 5.82. The minimum Gasteiger partial charge on any atom is -0.310 e. The van der Waals surface area contributed by atoms with Crippen LogP contribution in [0.3, 0.4) is 0 Å². The lowest BCUT2D eigenvalue weighted by molar-refractivity contribution is -0.119. The molecule has 3 heterocycles. The molecule has 1 aliphatic heterocycles. The van der Waals surface area contributed by atoms with Crippen LogP contribution in [0.4, 0.5) is 8.78 Å². The topological polar surface area (TPSA) is 79.7 Å². The van der Waals surface area contributed by atoms with Gasteiger partial charge < -0.3 is 4.90 Å². The summed E-state index contributed by atoms with van der Waals surface area (Å²) in [6.45, 7) is 2.71. The van der Waals surface area contributed by atoms with Gasteiger partial charge in [-0.25, -0.2) is 13.5 Å². The van der Waals surface area contributed by atoms with Gasteiger partial charge in [0, 0.05) is 50.7 Å². The Morgan fingerprint density at radius 3 is 2.59 bits per heavy atom. The molecule has 188 valence electrons. The van der Waals surface area contributed by atoms with E-state index in [2.05, 4.69) is 11.3 Å². The number of aromatic nitrogens is 4. The van der Waals surface area contributed by atoms with Crippen molar-refractivity contribution in [1.82, 2.24) is 24.5 Å². The van der Waals surface area contributed by atoms with Crippen molar-refractivity contribution in [2.24, 2.45) is 13.0 Å². The Hall–Kier alpha value is -4.32. The molecule has 0 saturated carbocycles. The number of likely N-dealkylation sites (tertiary alicyclic amines) is 1. The van der Waals surface area contributed by atoms with Crippen LogP contribution in [-0.2, 0) is 18.3 Å². The summed E-state index contributed by atoms with van der Waals surface area (Å²) < 4.78 is 31.0. The van der Waals surface area contributed by atoms with E-state index in [1.165, 1.54) is 12.1 Å². The van der Waals surface area contributed by atoms with Crippen LogP contribution in [0.1, 0.15) is 29.2 Å². The van der Waals surface area contributed by atoms with Gasteiger partial charge in [0.15, 0.2) is 17.8 Å². The van der Waals surface area contributed by atoms with Crippen molar-refractivity contribution < 1.29 is 13.6 Å². The molecule has 0 spiro atoms. The van der Waals surface area contributed by atoms with Crippen LogP contribution in [0.15, 0.2) is 60.9 Å². The van der Waals surface area contributed by atoms with E-state index in [1.807, 2.05) is 50.5 Å². The quantitative estimate of drug-likeness (QED) is 0.348. The van der Waals surface area contributed by atoms with Crippen LogP contribution < -0.4 is 0 Å². The Kier molecular flexibility index (Phi) is 6.57. The van der Waals surface area contributed by atoms with Gasteiger partial charge >= 0.3 is 0 Å². The monoisotopic (exact) mass is 500 g/mol. The Bertz CT molecular complexity index is 1490. The third kappa shape index (κ3) is 4.87. The number of hydrogen-bond donors (Lipinski definition) is 0. The van der Waals surface area contributed by atoms with Crippen molar-refractivity contribution in [3.8, 4) is 23.1 Å². The lowest BCUT2D eigenvalue weighted by atomic mass is 9.85. The second-order valence-corrected chi connectivity index (χ2v) is 9.54. The summed E-state index contributed by atoms with van der Waals surface area (Å²) >= 11 is 0. The normalized spacial score (nSPS) is 17.2. The number of carbonyl (C=O) groups is 1. The molecular formula is C28H26F2N6O. The average molecular weight is 501 g/mol. The molecule has 2 aromatic carbocycles. The number of para-hydroxylation sites is 1. The maximum Gasteiger partial charge on any atom is 0.179 e. The van der Waals surface area contributed by atoms with Gasteiger partial charge in [-0.3, -0.25) is 9.48 Å². The van der Waals surface area contributed by atoms with E-state index in [9.17, 15) is 18.8 Å². The number of ketones is 1. The average Bonchev–Trinajstić information content (AvgIpc) is 3.59. The van der Waals surface area contributed by atoms with Crippen molar-refractivity contribution >= 4 is 5.78 Å². The molecule has 1 aliphatic rings. The molecule has 2 aromatic heterocycles. The molecule has 2 atom stereocenters. The maximum atomic E-state index is 13.9. The van der Waals surface area contributed by atoms with Crippen LogP contribution in [0.2, 0.25) is 0 Å². The zero-order chi connectivity index (χ0) is 26.1. The Balaban J connectivity index is 1.43. The first kappa shape index (κ1) is 24.4. The van der Waals surface area contributed by atoms with Crippen LogP contribution in [0.25, 0.3) is 16.9 Å². The summed E-state index contributed by atoms with van der Waals surface area (Å²) in [6, 6.07) is 13.4. The molecular weight excluding hydrogens is 474 g/mol. The summed E-state index contributed by atoms with van der Waals surface area (Å²) in [5, 5.41) is 18.6. The van der Waals surface area contributed by atoms with Crippen molar-refractivity contribution in [1.29, 1.82) is 5.26 Å². The van der Waals surface area contributed by atoms with Crippen LogP contribution in [-0.4, -0.2) is 43.3 Å². The number of hydrogen-bond acceptors (Lipinski definition) is 5. The number of benzene rings is 2. The number of nitrogens with zero attached hydrogens (tertiary/aromatic N) is 6. The fourth-order valence-electron chi connectivity index (χ4n) is 5.17. The van der Waals surface area contributed by atoms with E-state index in [-0.39, 0.29) is 30.5 Å². The predicted octanol–water partition coefficient (Wildman–Crippen LogP) is 4.56.